The van der Waals surface area contributed by atoms with Crippen molar-refractivity contribution in [2.24, 2.45) is 0 Å². The topological polar surface area (TPSA) is 53.4 Å². The van der Waals surface area contributed by atoms with E-state index in [-0.39, 0.29) is 12.4 Å². The molecule has 3 aromatic rings. The van der Waals surface area contributed by atoms with Crippen LogP contribution in [0.2, 0.25) is 0 Å². The number of carbonyl (C=O) groups excluding carboxylic acids is 1. The van der Waals surface area contributed by atoms with E-state index in [2.05, 4.69) is 5.10 Å². The van der Waals surface area contributed by atoms with Gasteiger partial charge in [-0.2, -0.15) is 5.10 Å². The standard InChI is InChI=1S/C17H16N2O3S/c1-21-12-13-10-16(19(18-13)14-6-3-2-4-7-14)22-17(20)11-15-8-5-9-23-15/h2-10H,11-12H2,1H3. The van der Waals surface area contributed by atoms with Crippen molar-refractivity contribution in [2.45, 2.75) is 13.0 Å². The van der Waals surface area contributed by atoms with Crippen LogP contribution in [0.1, 0.15) is 10.6 Å². The lowest BCUT2D eigenvalue weighted by atomic mass is 10.3. The first-order chi connectivity index (χ1) is 11.3. The lowest BCUT2D eigenvalue weighted by Crippen LogP contribution is -2.13. The van der Waals surface area contributed by atoms with Gasteiger partial charge in [-0.1, -0.05) is 24.3 Å². The van der Waals surface area contributed by atoms with Crippen molar-refractivity contribution in [3.05, 3.63) is 64.5 Å². The number of carbonyl (C=O) groups is 1. The molecule has 0 amide bonds. The third-order valence-corrected chi connectivity index (χ3v) is 4.01. The number of hydrogen-bond acceptors (Lipinski definition) is 5. The van der Waals surface area contributed by atoms with Crippen LogP contribution < -0.4 is 4.74 Å². The molecule has 0 saturated carbocycles. The van der Waals surface area contributed by atoms with Gasteiger partial charge in [0.25, 0.3) is 0 Å². The second-order valence-electron chi connectivity index (χ2n) is 4.88. The van der Waals surface area contributed by atoms with E-state index in [4.69, 9.17) is 9.47 Å². The summed E-state index contributed by atoms with van der Waals surface area (Å²) in [5, 5.41) is 6.38. The van der Waals surface area contributed by atoms with Crippen molar-refractivity contribution in [1.82, 2.24) is 9.78 Å². The summed E-state index contributed by atoms with van der Waals surface area (Å²) in [7, 11) is 1.60. The number of benzene rings is 1. The first kappa shape index (κ1) is 15.5. The quantitative estimate of drug-likeness (QED) is 0.652. The molecule has 0 saturated heterocycles. The molecule has 1 aromatic carbocycles. The van der Waals surface area contributed by atoms with E-state index in [1.165, 1.54) is 11.3 Å². The molecule has 118 valence electrons. The third kappa shape index (κ3) is 3.85. The van der Waals surface area contributed by atoms with Crippen LogP contribution in [-0.2, 0) is 22.6 Å². The average Bonchev–Trinajstić information content (AvgIpc) is 3.18. The van der Waals surface area contributed by atoms with Gasteiger partial charge < -0.3 is 9.47 Å². The molecule has 5 nitrogen and oxygen atoms in total. The van der Waals surface area contributed by atoms with Crippen LogP contribution in [-0.4, -0.2) is 22.9 Å². The Hall–Kier alpha value is -2.44. The second kappa shape index (κ2) is 7.21. The Bertz CT molecular complexity index is 767. The molecule has 0 aliphatic rings. The van der Waals surface area contributed by atoms with E-state index < -0.39 is 0 Å². The van der Waals surface area contributed by atoms with Crippen molar-refractivity contribution in [3.8, 4) is 11.6 Å². The monoisotopic (exact) mass is 328 g/mol. The zero-order chi connectivity index (χ0) is 16.1. The van der Waals surface area contributed by atoms with Gasteiger partial charge in [0.2, 0.25) is 5.88 Å². The van der Waals surface area contributed by atoms with Gasteiger partial charge in [-0.25, -0.2) is 4.68 Å². The Kier molecular flexibility index (Phi) is 4.85. The lowest BCUT2D eigenvalue weighted by Gasteiger charge is -2.07. The highest BCUT2D eigenvalue weighted by Gasteiger charge is 2.15. The molecular formula is C17H16N2O3S. The SMILES string of the molecule is COCc1cc(OC(=O)Cc2cccs2)n(-c2ccccc2)n1. The van der Waals surface area contributed by atoms with Gasteiger partial charge in [-0.05, 0) is 23.6 Å². The summed E-state index contributed by atoms with van der Waals surface area (Å²) >= 11 is 1.53. The molecule has 2 aromatic heterocycles. The van der Waals surface area contributed by atoms with Gasteiger partial charge in [-0.3, -0.25) is 4.79 Å². The third-order valence-electron chi connectivity index (χ3n) is 3.14. The minimum Gasteiger partial charge on any atom is -0.407 e. The Morgan fingerprint density at radius 3 is 2.74 bits per heavy atom. The summed E-state index contributed by atoms with van der Waals surface area (Å²) < 4.78 is 12.2. The Labute approximate surface area is 138 Å². The zero-order valence-corrected chi connectivity index (χ0v) is 13.5. The smallest absolute Gasteiger partial charge is 0.317 e. The summed E-state index contributed by atoms with van der Waals surface area (Å²) in [5.41, 5.74) is 1.53. The molecular weight excluding hydrogens is 312 g/mol. The molecule has 0 aliphatic carbocycles. The molecule has 0 spiro atoms. The number of esters is 1. The van der Waals surface area contributed by atoms with E-state index in [9.17, 15) is 4.79 Å². The van der Waals surface area contributed by atoms with Crippen LogP contribution in [0.4, 0.5) is 0 Å². The fourth-order valence-electron chi connectivity index (χ4n) is 2.16. The largest absolute Gasteiger partial charge is 0.407 e. The summed E-state index contributed by atoms with van der Waals surface area (Å²) in [6, 6.07) is 15.1. The second-order valence-corrected chi connectivity index (χ2v) is 5.92. The van der Waals surface area contributed by atoms with E-state index in [1.807, 2.05) is 47.8 Å². The molecule has 0 radical (unpaired) electrons. The average molecular weight is 328 g/mol. The number of methoxy groups -OCH3 is 1. The van der Waals surface area contributed by atoms with Gasteiger partial charge in [0.15, 0.2) is 0 Å². The normalized spacial score (nSPS) is 10.7. The van der Waals surface area contributed by atoms with E-state index in [0.29, 0.717) is 18.2 Å². The Balaban J connectivity index is 1.83. The highest BCUT2D eigenvalue weighted by Crippen LogP contribution is 2.21. The zero-order valence-electron chi connectivity index (χ0n) is 12.6. The molecule has 0 aliphatic heterocycles. The summed E-state index contributed by atoms with van der Waals surface area (Å²) in [6.45, 7) is 0.356. The minimum atomic E-state index is -0.312. The van der Waals surface area contributed by atoms with Crippen molar-refractivity contribution in [3.63, 3.8) is 0 Å². The maximum atomic E-state index is 12.1. The van der Waals surface area contributed by atoms with Crippen LogP contribution in [0.3, 0.4) is 0 Å². The molecule has 2 heterocycles. The Morgan fingerprint density at radius 2 is 2.04 bits per heavy atom. The number of rotatable bonds is 6. The number of nitrogens with zero attached hydrogens (tertiary/aromatic N) is 2. The van der Waals surface area contributed by atoms with Gasteiger partial charge in [0.05, 0.1) is 24.4 Å². The van der Waals surface area contributed by atoms with Crippen molar-refractivity contribution in [1.29, 1.82) is 0 Å². The van der Waals surface area contributed by atoms with Crippen LogP contribution in [0.25, 0.3) is 5.69 Å². The molecule has 0 bridgehead atoms. The highest BCUT2D eigenvalue weighted by atomic mass is 32.1. The van der Waals surface area contributed by atoms with Crippen molar-refractivity contribution < 1.29 is 14.3 Å². The van der Waals surface area contributed by atoms with Crippen LogP contribution in [0, 0.1) is 0 Å². The fraction of sp³-hybridized carbons (Fsp3) is 0.176. The summed E-state index contributed by atoms with van der Waals surface area (Å²) in [5.74, 6) is 0.0818. The van der Waals surface area contributed by atoms with Crippen LogP contribution >= 0.6 is 11.3 Å². The predicted molar refractivity (Wildman–Crippen MR) is 87.9 cm³/mol. The van der Waals surface area contributed by atoms with Gasteiger partial charge in [-0.15, -0.1) is 11.3 Å². The maximum absolute atomic E-state index is 12.1. The van der Waals surface area contributed by atoms with Crippen molar-refractivity contribution in [2.75, 3.05) is 7.11 Å². The van der Waals surface area contributed by atoms with Crippen molar-refractivity contribution >= 4 is 17.3 Å². The van der Waals surface area contributed by atoms with E-state index in [0.717, 1.165) is 10.6 Å². The number of ether oxygens (including phenoxy) is 2. The summed E-state index contributed by atoms with van der Waals surface area (Å²) in [6.07, 6.45) is 0.247. The molecule has 0 fully saturated rings. The molecule has 6 heteroatoms. The van der Waals surface area contributed by atoms with E-state index >= 15 is 0 Å². The number of aromatic nitrogens is 2. The number of para-hydroxylation sites is 1. The number of hydrogen-bond donors (Lipinski definition) is 0. The molecule has 3 rings (SSSR count). The van der Waals surface area contributed by atoms with Gasteiger partial charge in [0, 0.05) is 18.1 Å². The summed E-state index contributed by atoms with van der Waals surface area (Å²) in [4.78, 5) is 13.1. The van der Waals surface area contributed by atoms with E-state index in [1.54, 1.807) is 17.9 Å². The maximum Gasteiger partial charge on any atom is 0.317 e. The molecule has 23 heavy (non-hydrogen) atoms. The highest BCUT2D eigenvalue weighted by molar-refractivity contribution is 7.10. The minimum absolute atomic E-state index is 0.247. The van der Waals surface area contributed by atoms with Gasteiger partial charge in [0.1, 0.15) is 0 Å². The van der Waals surface area contributed by atoms with Crippen LogP contribution in [0.15, 0.2) is 53.9 Å². The molecule has 0 unspecified atom stereocenters. The first-order valence-electron chi connectivity index (χ1n) is 7.12. The molecule has 0 atom stereocenters. The van der Waals surface area contributed by atoms with Crippen LogP contribution in [0.5, 0.6) is 5.88 Å². The van der Waals surface area contributed by atoms with Gasteiger partial charge >= 0.3 is 5.97 Å². The molecule has 0 N–H and O–H groups in total. The predicted octanol–water partition coefficient (Wildman–Crippen LogP) is 3.23. The lowest BCUT2D eigenvalue weighted by molar-refractivity contribution is -0.133. The fourth-order valence-corrected chi connectivity index (χ4v) is 2.85. The Morgan fingerprint density at radius 1 is 1.22 bits per heavy atom. The number of thiophene rings is 1. The first-order valence-corrected chi connectivity index (χ1v) is 8.00.